The lowest BCUT2D eigenvalue weighted by atomic mass is 9.72. The lowest BCUT2D eigenvalue weighted by molar-refractivity contribution is 0.377. The normalized spacial score (nSPS) is 21.6. The molecule has 16 heavy (non-hydrogen) atoms. The predicted octanol–water partition coefficient (Wildman–Crippen LogP) is 5.00. The topological polar surface area (TPSA) is 0 Å². The van der Waals surface area contributed by atoms with Gasteiger partial charge in [0.25, 0.3) is 0 Å². The zero-order chi connectivity index (χ0) is 12.2. The van der Waals surface area contributed by atoms with E-state index in [2.05, 4.69) is 39.8 Å². The molecule has 0 unspecified atom stereocenters. The van der Waals surface area contributed by atoms with Gasteiger partial charge in [0.15, 0.2) is 0 Å². The fraction of sp³-hybridized carbons (Fsp3) is 0.500. The Hall–Kier alpha value is -1.04. The van der Waals surface area contributed by atoms with Gasteiger partial charge in [0.1, 0.15) is 0 Å². The third kappa shape index (κ3) is 3.23. The van der Waals surface area contributed by atoms with E-state index in [9.17, 15) is 0 Å². The molecule has 0 aromatic rings. The first-order valence-corrected chi connectivity index (χ1v) is 6.07. The highest BCUT2D eigenvalue weighted by Gasteiger charge is 2.26. The molecule has 87 valence electrons. The van der Waals surface area contributed by atoms with E-state index >= 15 is 0 Å². The first kappa shape index (κ1) is 13.0. The average Bonchev–Trinajstić information content (AvgIpc) is 2.16. The quantitative estimate of drug-likeness (QED) is 0.581. The van der Waals surface area contributed by atoms with Gasteiger partial charge in [-0.25, -0.2) is 0 Å². The van der Waals surface area contributed by atoms with Gasteiger partial charge in [-0.2, -0.15) is 0 Å². The van der Waals surface area contributed by atoms with Gasteiger partial charge >= 0.3 is 0 Å². The summed E-state index contributed by atoms with van der Waals surface area (Å²) in [5.74, 6) is 0. The molecule has 0 fully saturated rings. The molecule has 0 spiro atoms. The van der Waals surface area contributed by atoms with Crippen LogP contribution in [0.2, 0.25) is 0 Å². The summed E-state index contributed by atoms with van der Waals surface area (Å²) in [5.41, 5.74) is 4.57. The zero-order valence-electron chi connectivity index (χ0n) is 11.0. The van der Waals surface area contributed by atoms with Gasteiger partial charge in [-0.15, -0.1) is 0 Å². The molecule has 1 aliphatic carbocycles. The first-order valence-electron chi connectivity index (χ1n) is 6.07. The highest BCUT2D eigenvalue weighted by Crippen LogP contribution is 2.40. The van der Waals surface area contributed by atoms with Crippen LogP contribution in [0.15, 0.2) is 41.0 Å². The number of allylic oxidation sites excluding steroid dienone is 7. The molecule has 0 heteroatoms. The average molecular weight is 215 g/mol. The molecule has 0 aliphatic heterocycles. The van der Waals surface area contributed by atoms with Crippen LogP contribution in [0.3, 0.4) is 0 Å². The summed E-state index contributed by atoms with van der Waals surface area (Å²) in [7, 11) is 0. The summed E-state index contributed by atoms with van der Waals surface area (Å²) in [4.78, 5) is 0. The molecule has 0 amide bonds. The molecule has 0 bridgehead atoms. The Morgan fingerprint density at radius 2 is 2.06 bits per heavy atom. The van der Waals surface area contributed by atoms with Crippen LogP contribution in [-0.4, -0.2) is 0 Å². The SMILES string of the molecule is [CH]=C/C=C(C)/C=C/C1=C(C)CCCC1(C)C. The monoisotopic (exact) mass is 215 g/mol. The van der Waals surface area contributed by atoms with Crippen LogP contribution in [0.5, 0.6) is 0 Å². The summed E-state index contributed by atoms with van der Waals surface area (Å²) in [6, 6.07) is 0. The number of hydrogen-bond donors (Lipinski definition) is 0. The van der Waals surface area contributed by atoms with Gasteiger partial charge < -0.3 is 0 Å². The van der Waals surface area contributed by atoms with E-state index < -0.39 is 0 Å². The highest BCUT2D eigenvalue weighted by molar-refractivity contribution is 5.36. The summed E-state index contributed by atoms with van der Waals surface area (Å²) in [6.45, 7) is 14.4. The summed E-state index contributed by atoms with van der Waals surface area (Å²) in [5, 5.41) is 0. The van der Waals surface area contributed by atoms with E-state index in [1.54, 1.807) is 6.08 Å². The van der Waals surface area contributed by atoms with Crippen molar-refractivity contribution in [2.24, 2.45) is 5.41 Å². The van der Waals surface area contributed by atoms with E-state index in [0.29, 0.717) is 5.41 Å². The highest BCUT2D eigenvalue weighted by atomic mass is 14.3. The van der Waals surface area contributed by atoms with Crippen LogP contribution in [0, 0.1) is 12.0 Å². The second-order valence-corrected chi connectivity index (χ2v) is 5.37. The molecule has 0 nitrogen and oxygen atoms in total. The lowest BCUT2D eigenvalue weighted by Gasteiger charge is -2.32. The second kappa shape index (κ2) is 5.34. The maximum atomic E-state index is 5.37. The molecule has 0 N–H and O–H groups in total. The minimum absolute atomic E-state index is 0.325. The van der Waals surface area contributed by atoms with Crippen molar-refractivity contribution in [1.82, 2.24) is 0 Å². The molecule has 1 aliphatic rings. The molecular weight excluding hydrogens is 192 g/mol. The van der Waals surface area contributed by atoms with Gasteiger partial charge in [-0.3, -0.25) is 0 Å². The minimum atomic E-state index is 0.325. The first-order chi connectivity index (χ1) is 7.47. The Bertz CT molecular complexity index is 348. The van der Waals surface area contributed by atoms with Crippen molar-refractivity contribution in [3.05, 3.63) is 47.6 Å². The van der Waals surface area contributed by atoms with Crippen molar-refractivity contribution in [3.8, 4) is 0 Å². The van der Waals surface area contributed by atoms with E-state index in [4.69, 9.17) is 6.58 Å². The summed E-state index contributed by atoms with van der Waals surface area (Å²) >= 11 is 0. The Morgan fingerprint density at radius 1 is 1.38 bits per heavy atom. The third-order valence-corrected chi connectivity index (χ3v) is 3.41. The maximum absolute atomic E-state index is 5.37. The van der Waals surface area contributed by atoms with E-state index in [-0.39, 0.29) is 0 Å². The standard InChI is InChI=1S/C16H23/c1-6-8-13(2)10-11-15-14(3)9-7-12-16(15,4)5/h1,6,8,10-11H,7,9,12H2,2-5H3/b6-1?,11-10+,13-8+. The third-order valence-electron chi connectivity index (χ3n) is 3.41. The van der Waals surface area contributed by atoms with Gasteiger partial charge in [0.2, 0.25) is 0 Å². The Labute approximate surface area is 100 Å². The van der Waals surface area contributed by atoms with Crippen LogP contribution in [0.1, 0.15) is 47.0 Å². The predicted molar refractivity (Wildman–Crippen MR) is 72.1 cm³/mol. The van der Waals surface area contributed by atoms with Gasteiger partial charge in [0.05, 0.1) is 0 Å². The molecule has 0 aromatic carbocycles. The zero-order valence-corrected chi connectivity index (χ0v) is 11.0. The van der Waals surface area contributed by atoms with Crippen molar-refractivity contribution >= 4 is 0 Å². The largest absolute Gasteiger partial charge is 0.0696 e. The van der Waals surface area contributed by atoms with Gasteiger partial charge in [-0.05, 0) is 44.1 Å². The van der Waals surface area contributed by atoms with Crippen LogP contribution >= 0.6 is 0 Å². The molecule has 1 radical (unpaired) electrons. The van der Waals surface area contributed by atoms with Gasteiger partial charge in [-0.1, -0.05) is 55.9 Å². The molecular formula is C16H23. The fourth-order valence-corrected chi connectivity index (χ4v) is 2.43. The van der Waals surface area contributed by atoms with E-state index in [1.165, 1.54) is 36.0 Å². The molecule has 0 saturated heterocycles. The van der Waals surface area contributed by atoms with Crippen molar-refractivity contribution < 1.29 is 0 Å². The van der Waals surface area contributed by atoms with Crippen molar-refractivity contribution in [2.45, 2.75) is 47.0 Å². The van der Waals surface area contributed by atoms with E-state index in [1.807, 2.05) is 6.08 Å². The summed E-state index contributed by atoms with van der Waals surface area (Å²) in [6.07, 6.45) is 11.8. The minimum Gasteiger partial charge on any atom is -0.0696 e. The van der Waals surface area contributed by atoms with Crippen molar-refractivity contribution in [1.29, 1.82) is 0 Å². The fourth-order valence-electron chi connectivity index (χ4n) is 2.43. The Kier molecular flexibility index (Phi) is 4.35. The maximum Gasteiger partial charge on any atom is -0.0104 e. The van der Waals surface area contributed by atoms with Crippen molar-refractivity contribution in [2.75, 3.05) is 0 Å². The Balaban J connectivity index is 2.93. The molecule has 1 rings (SSSR count). The molecule has 0 aromatic heterocycles. The van der Waals surface area contributed by atoms with Crippen LogP contribution < -0.4 is 0 Å². The molecule has 0 atom stereocenters. The van der Waals surface area contributed by atoms with E-state index in [0.717, 1.165) is 0 Å². The van der Waals surface area contributed by atoms with Crippen LogP contribution in [0.25, 0.3) is 0 Å². The lowest BCUT2D eigenvalue weighted by Crippen LogP contribution is -2.19. The molecule has 0 heterocycles. The second-order valence-electron chi connectivity index (χ2n) is 5.37. The smallest absolute Gasteiger partial charge is 0.0104 e. The molecule has 0 saturated carbocycles. The van der Waals surface area contributed by atoms with Crippen LogP contribution in [0.4, 0.5) is 0 Å². The number of rotatable bonds is 3. The Morgan fingerprint density at radius 3 is 2.62 bits per heavy atom. The summed E-state index contributed by atoms with van der Waals surface area (Å²) < 4.78 is 0. The number of hydrogen-bond acceptors (Lipinski definition) is 0. The van der Waals surface area contributed by atoms with Crippen LogP contribution in [-0.2, 0) is 0 Å². The van der Waals surface area contributed by atoms with Gasteiger partial charge in [0, 0.05) is 0 Å². The van der Waals surface area contributed by atoms with Crippen molar-refractivity contribution in [3.63, 3.8) is 0 Å².